The molecule has 0 aromatic heterocycles. The molecule has 0 saturated carbocycles. The normalized spacial score (nSPS) is 41.1. The quantitative estimate of drug-likeness (QED) is 0.498. The first-order valence-corrected chi connectivity index (χ1v) is 3.43. The summed E-state index contributed by atoms with van der Waals surface area (Å²) in [6.07, 6.45) is 0.542. The fraction of sp³-hybridized carbons (Fsp3) is 0.857. The SMILES string of the molecule is C[C@H]1C(=O)OCC[C@]1(C)O. The molecule has 3 nitrogen and oxygen atoms in total. The predicted molar refractivity (Wildman–Crippen MR) is 35.4 cm³/mol. The Bertz CT molecular complexity index is 151. The average molecular weight is 144 g/mol. The smallest absolute Gasteiger partial charge is 0.311 e. The third-order valence-electron chi connectivity index (χ3n) is 2.14. The first kappa shape index (κ1) is 7.54. The summed E-state index contributed by atoms with van der Waals surface area (Å²) in [6, 6.07) is 0. The highest BCUT2D eigenvalue weighted by molar-refractivity contribution is 5.74. The minimum absolute atomic E-state index is 0.295. The van der Waals surface area contributed by atoms with E-state index in [1.165, 1.54) is 0 Å². The van der Waals surface area contributed by atoms with Gasteiger partial charge in [0.2, 0.25) is 0 Å². The van der Waals surface area contributed by atoms with Crippen LogP contribution in [0.5, 0.6) is 0 Å². The molecule has 0 aromatic carbocycles. The summed E-state index contributed by atoms with van der Waals surface area (Å²) < 4.78 is 4.73. The number of carbonyl (C=O) groups is 1. The van der Waals surface area contributed by atoms with Crippen LogP contribution in [0.1, 0.15) is 20.3 Å². The molecule has 1 N–H and O–H groups in total. The molecule has 2 atom stereocenters. The number of hydrogen-bond donors (Lipinski definition) is 1. The van der Waals surface area contributed by atoms with Gasteiger partial charge in [0.05, 0.1) is 18.1 Å². The maximum atomic E-state index is 10.8. The molecule has 1 fully saturated rings. The van der Waals surface area contributed by atoms with E-state index in [-0.39, 0.29) is 11.9 Å². The van der Waals surface area contributed by atoms with E-state index in [1.807, 2.05) is 0 Å². The number of esters is 1. The van der Waals surface area contributed by atoms with Gasteiger partial charge in [-0.3, -0.25) is 4.79 Å². The highest BCUT2D eigenvalue weighted by Crippen LogP contribution is 2.25. The van der Waals surface area contributed by atoms with Gasteiger partial charge in [0.15, 0.2) is 0 Å². The molecule has 1 heterocycles. The number of carbonyl (C=O) groups excluding carboxylic acids is 1. The van der Waals surface area contributed by atoms with Gasteiger partial charge < -0.3 is 9.84 Å². The second-order valence-corrected chi connectivity index (χ2v) is 3.00. The van der Waals surface area contributed by atoms with Crippen molar-refractivity contribution in [3.05, 3.63) is 0 Å². The van der Waals surface area contributed by atoms with Gasteiger partial charge in [-0.2, -0.15) is 0 Å². The van der Waals surface area contributed by atoms with Gasteiger partial charge in [0.1, 0.15) is 0 Å². The van der Waals surface area contributed by atoms with Crippen molar-refractivity contribution >= 4 is 5.97 Å². The molecule has 0 spiro atoms. The molecule has 1 rings (SSSR count). The van der Waals surface area contributed by atoms with Crippen LogP contribution in [-0.4, -0.2) is 23.3 Å². The van der Waals surface area contributed by atoms with Crippen molar-refractivity contribution in [3.63, 3.8) is 0 Å². The van der Waals surface area contributed by atoms with Crippen molar-refractivity contribution in [2.24, 2.45) is 5.92 Å². The topological polar surface area (TPSA) is 46.5 Å². The van der Waals surface area contributed by atoms with E-state index in [0.717, 1.165) is 0 Å². The largest absolute Gasteiger partial charge is 0.465 e. The summed E-state index contributed by atoms with van der Waals surface area (Å²) in [6.45, 7) is 3.69. The van der Waals surface area contributed by atoms with E-state index in [1.54, 1.807) is 13.8 Å². The Morgan fingerprint density at radius 3 is 2.80 bits per heavy atom. The summed E-state index contributed by atoms with van der Waals surface area (Å²) in [5, 5.41) is 9.51. The Labute approximate surface area is 60.0 Å². The zero-order valence-corrected chi connectivity index (χ0v) is 6.26. The lowest BCUT2D eigenvalue weighted by Gasteiger charge is -2.32. The fourth-order valence-corrected chi connectivity index (χ4v) is 0.954. The van der Waals surface area contributed by atoms with Gasteiger partial charge in [-0.1, -0.05) is 0 Å². The monoisotopic (exact) mass is 144 g/mol. The maximum absolute atomic E-state index is 10.8. The summed E-state index contributed by atoms with van der Waals surface area (Å²) in [4.78, 5) is 10.8. The number of rotatable bonds is 0. The van der Waals surface area contributed by atoms with E-state index in [2.05, 4.69) is 0 Å². The molecule has 3 heteroatoms. The average Bonchev–Trinajstić information content (AvgIpc) is 1.83. The molecule has 1 saturated heterocycles. The minimum atomic E-state index is -0.866. The standard InChI is InChI=1S/C7H12O3/c1-5-6(8)10-4-3-7(5,2)9/h5,9H,3-4H2,1-2H3/t5-,7-/m0/s1. The van der Waals surface area contributed by atoms with Crippen LogP contribution < -0.4 is 0 Å². The van der Waals surface area contributed by atoms with Crippen LogP contribution >= 0.6 is 0 Å². The molecule has 1 aliphatic rings. The van der Waals surface area contributed by atoms with Gasteiger partial charge in [-0.25, -0.2) is 0 Å². The Hall–Kier alpha value is -0.570. The minimum Gasteiger partial charge on any atom is -0.465 e. The lowest BCUT2D eigenvalue weighted by Crippen LogP contribution is -2.44. The van der Waals surface area contributed by atoms with Crippen LogP contribution in [-0.2, 0) is 9.53 Å². The Morgan fingerprint density at radius 2 is 2.40 bits per heavy atom. The van der Waals surface area contributed by atoms with E-state index >= 15 is 0 Å². The lowest BCUT2D eigenvalue weighted by molar-refractivity contribution is -0.169. The van der Waals surface area contributed by atoms with E-state index in [9.17, 15) is 9.90 Å². The molecular formula is C7H12O3. The molecule has 10 heavy (non-hydrogen) atoms. The van der Waals surface area contributed by atoms with Crippen LogP contribution in [0, 0.1) is 5.92 Å². The Kier molecular flexibility index (Phi) is 1.68. The van der Waals surface area contributed by atoms with Gasteiger partial charge >= 0.3 is 5.97 Å². The summed E-state index contributed by atoms with van der Waals surface area (Å²) >= 11 is 0. The van der Waals surface area contributed by atoms with Crippen molar-refractivity contribution < 1.29 is 14.6 Å². The fourth-order valence-electron chi connectivity index (χ4n) is 0.954. The third kappa shape index (κ3) is 1.14. The van der Waals surface area contributed by atoms with Crippen molar-refractivity contribution in [2.45, 2.75) is 25.9 Å². The Morgan fingerprint density at radius 1 is 1.80 bits per heavy atom. The second kappa shape index (κ2) is 2.23. The highest BCUT2D eigenvalue weighted by Gasteiger charge is 2.38. The predicted octanol–water partition coefficient (Wildman–Crippen LogP) is 0.320. The number of aliphatic hydroxyl groups is 1. The van der Waals surface area contributed by atoms with Crippen molar-refractivity contribution in [1.29, 1.82) is 0 Å². The first-order chi connectivity index (χ1) is 4.54. The molecule has 1 aliphatic heterocycles. The molecule has 0 bridgehead atoms. The number of cyclic esters (lactones) is 1. The third-order valence-corrected chi connectivity index (χ3v) is 2.14. The van der Waals surface area contributed by atoms with E-state index in [4.69, 9.17) is 4.74 Å². The van der Waals surface area contributed by atoms with Gasteiger partial charge in [-0.15, -0.1) is 0 Å². The maximum Gasteiger partial charge on any atom is 0.311 e. The molecular weight excluding hydrogens is 132 g/mol. The van der Waals surface area contributed by atoms with Gasteiger partial charge in [0, 0.05) is 6.42 Å². The number of ether oxygens (including phenoxy) is 1. The van der Waals surface area contributed by atoms with Crippen molar-refractivity contribution in [1.82, 2.24) is 0 Å². The first-order valence-electron chi connectivity index (χ1n) is 3.43. The highest BCUT2D eigenvalue weighted by atomic mass is 16.5. The number of hydrogen-bond acceptors (Lipinski definition) is 3. The second-order valence-electron chi connectivity index (χ2n) is 3.00. The van der Waals surface area contributed by atoms with Crippen LogP contribution in [0.4, 0.5) is 0 Å². The lowest BCUT2D eigenvalue weighted by atomic mass is 9.86. The van der Waals surface area contributed by atoms with Crippen molar-refractivity contribution in [2.75, 3.05) is 6.61 Å². The van der Waals surface area contributed by atoms with Gasteiger partial charge in [0.25, 0.3) is 0 Å². The molecule has 0 unspecified atom stereocenters. The van der Waals surface area contributed by atoms with E-state index < -0.39 is 5.60 Å². The van der Waals surface area contributed by atoms with Gasteiger partial charge in [-0.05, 0) is 13.8 Å². The van der Waals surface area contributed by atoms with Crippen LogP contribution in [0.25, 0.3) is 0 Å². The zero-order chi connectivity index (χ0) is 7.78. The van der Waals surface area contributed by atoms with Crippen LogP contribution in [0.15, 0.2) is 0 Å². The summed E-state index contributed by atoms with van der Waals surface area (Å²) in [5.41, 5.74) is -0.866. The van der Waals surface area contributed by atoms with Crippen LogP contribution in [0.2, 0.25) is 0 Å². The summed E-state index contributed by atoms with van der Waals surface area (Å²) in [5.74, 6) is -0.683. The molecule has 0 aromatic rings. The molecule has 58 valence electrons. The molecule has 0 aliphatic carbocycles. The molecule has 0 amide bonds. The van der Waals surface area contributed by atoms with Crippen LogP contribution in [0.3, 0.4) is 0 Å². The zero-order valence-electron chi connectivity index (χ0n) is 6.26. The summed E-state index contributed by atoms with van der Waals surface area (Å²) in [7, 11) is 0. The van der Waals surface area contributed by atoms with E-state index in [0.29, 0.717) is 13.0 Å². The van der Waals surface area contributed by atoms with Crippen molar-refractivity contribution in [3.8, 4) is 0 Å². The Balaban J connectivity index is 2.69. The molecule has 0 radical (unpaired) electrons.